The molecule has 1 aliphatic rings. The van der Waals surface area contributed by atoms with Gasteiger partial charge in [-0.3, -0.25) is 0 Å². The summed E-state index contributed by atoms with van der Waals surface area (Å²) in [5, 5.41) is 6.73. The van der Waals surface area contributed by atoms with Crippen LogP contribution in [0.4, 0.5) is 5.82 Å². The second kappa shape index (κ2) is 5.12. The van der Waals surface area contributed by atoms with E-state index in [9.17, 15) is 0 Å². The monoisotopic (exact) mass is 205 g/mol. The van der Waals surface area contributed by atoms with Crippen LogP contribution in [0.5, 0.6) is 0 Å². The van der Waals surface area contributed by atoms with Gasteiger partial charge in [-0.05, 0) is 37.9 Å². The Labute approximate surface area is 91.3 Å². The quantitative estimate of drug-likeness (QED) is 0.795. The largest absolute Gasteiger partial charge is 0.370 e. The molecule has 0 saturated carbocycles. The van der Waals surface area contributed by atoms with Gasteiger partial charge in [0, 0.05) is 18.8 Å². The number of rotatable bonds is 3. The summed E-state index contributed by atoms with van der Waals surface area (Å²) in [6, 6.07) is 4.75. The van der Waals surface area contributed by atoms with Gasteiger partial charge in [0.25, 0.3) is 0 Å². The Hall–Kier alpha value is -1.09. The highest BCUT2D eigenvalue weighted by Crippen LogP contribution is 2.22. The highest BCUT2D eigenvalue weighted by molar-refractivity contribution is 5.36. The van der Waals surface area contributed by atoms with Crippen molar-refractivity contribution in [1.29, 1.82) is 0 Å². The fourth-order valence-corrected chi connectivity index (χ4v) is 2.03. The van der Waals surface area contributed by atoms with Crippen LogP contribution < -0.4 is 10.6 Å². The van der Waals surface area contributed by atoms with Crippen LogP contribution in [0.25, 0.3) is 0 Å². The topological polar surface area (TPSA) is 37.0 Å². The standard InChI is InChI=1S/C12H19N3/c1-2-13-12-7-6-10(9-15-12)11-5-3-4-8-14-11/h6-7,9,11,14H,2-5,8H2,1H3,(H,13,15)/t11-/m0/s1. The van der Waals surface area contributed by atoms with Crippen LogP contribution in [0.15, 0.2) is 18.3 Å². The van der Waals surface area contributed by atoms with Gasteiger partial charge in [-0.15, -0.1) is 0 Å². The molecule has 1 fully saturated rings. The SMILES string of the molecule is CCNc1ccc([C@@H]2CCCCN2)cn1. The molecule has 1 aliphatic heterocycles. The van der Waals surface area contributed by atoms with Crippen LogP contribution in [-0.2, 0) is 0 Å². The minimum Gasteiger partial charge on any atom is -0.370 e. The number of hydrogen-bond donors (Lipinski definition) is 2. The molecule has 15 heavy (non-hydrogen) atoms. The maximum absolute atomic E-state index is 4.39. The van der Waals surface area contributed by atoms with Gasteiger partial charge in [0.05, 0.1) is 0 Å². The lowest BCUT2D eigenvalue weighted by Crippen LogP contribution is -2.26. The van der Waals surface area contributed by atoms with Gasteiger partial charge in [-0.2, -0.15) is 0 Å². The van der Waals surface area contributed by atoms with Gasteiger partial charge < -0.3 is 10.6 Å². The number of nitrogens with one attached hydrogen (secondary N) is 2. The molecule has 1 aromatic rings. The Morgan fingerprint density at radius 1 is 1.47 bits per heavy atom. The Bertz CT molecular complexity index is 288. The lowest BCUT2D eigenvalue weighted by atomic mass is 9.99. The van der Waals surface area contributed by atoms with E-state index in [-0.39, 0.29) is 0 Å². The molecule has 2 heterocycles. The van der Waals surface area contributed by atoms with E-state index in [1.165, 1.54) is 24.8 Å². The van der Waals surface area contributed by atoms with Gasteiger partial charge in [-0.1, -0.05) is 12.5 Å². The first kappa shape index (κ1) is 10.4. The molecular weight excluding hydrogens is 186 g/mol. The number of hydrogen-bond acceptors (Lipinski definition) is 3. The predicted molar refractivity (Wildman–Crippen MR) is 63.0 cm³/mol. The number of anilines is 1. The van der Waals surface area contributed by atoms with Crippen LogP contribution in [0.2, 0.25) is 0 Å². The number of piperidine rings is 1. The fraction of sp³-hybridized carbons (Fsp3) is 0.583. The molecule has 2 rings (SSSR count). The van der Waals surface area contributed by atoms with Crippen LogP contribution >= 0.6 is 0 Å². The predicted octanol–water partition coefficient (Wildman–Crippen LogP) is 2.33. The van der Waals surface area contributed by atoms with Gasteiger partial charge in [0.2, 0.25) is 0 Å². The third kappa shape index (κ3) is 2.69. The zero-order valence-corrected chi connectivity index (χ0v) is 9.29. The molecule has 0 aromatic carbocycles. The molecular formula is C12H19N3. The molecule has 3 nitrogen and oxygen atoms in total. The lowest BCUT2D eigenvalue weighted by Gasteiger charge is -2.23. The summed E-state index contributed by atoms with van der Waals surface area (Å²) in [7, 11) is 0. The van der Waals surface area contributed by atoms with E-state index in [1.54, 1.807) is 0 Å². The molecule has 3 heteroatoms. The van der Waals surface area contributed by atoms with Crippen LogP contribution in [0.3, 0.4) is 0 Å². The maximum atomic E-state index is 4.39. The lowest BCUT2D eigenvalue weighted by molar-refractivity contribution is 0.411. The minimum absolute atomic E-state index is 0.516. The number of pyridine rings is 1. The van der Waals surface area contributed by atoms with E-state index in [4.69, 9.17) is 0 Å². The molecule has 2 N–H and O–H groups in total. The molecule has 1 saturated heterocycles. The van der Waals surface area contributed by atoms with E-state index in [1.807, 2.05) is 6.20 Å². The molecule has 0 unspecified atom stereocenters. The van der Waals surface area contributed by atoms with Gasteiger partial charge >= 0.3 is 0 Å². The maximum Gasteiger partial charge on any atom is 0.125 e. The third-order valence-electron chi connectivity index (χ3n) is 2.86. The van der Waals surface area contributed by atoms with E-state index in [0.717, 1.165) is 18.9 Å². The Morgan fingerprint density at radius 3 is 3.00 bits per heavy atom. The second-order valence-corrected chi connectivity index (χ2v) is 4.01. The summed E-state index contributed by atoms with van der Waals surface area (Å²) in [6.45, 7) is 4.14. The first-order valence-corrected chi connectivity index (χ1v) is 5.83. The number of aromatic nitrogens is 1. The van der Waals surface area contributed by atoms with Crippen molar-refractivity contribution in [3.8, 4) is 0 Å². The zero-order valence-electron chi connectivity index (χ0n) is 9.29. The normalized spacial score (nSPS) is 21.3. The number of nitrogens with zero attached hydrogens (tertiary/aromatic N) is 1. The zero-order chi connectivity index (χ0) is 10.5. The highest BCUT2D eigenvalue weighted by Gasteiger charge is 2.14. The van der Waals surface area contributed by atoms with E-state index in [2.05, 4.69) is 34.7 Å². The van der Waals surface area contributed by atoms with E-state index in [0.29, 0.717) is 6.04 Å². The van der Waals surface area contributed by atoms with Crippen molar-refractivity contribution in [2.24, 2.45) is 0 Å². The molecule has 82 valence electrons. The average molecular weight is 205 g/mol. The molecule has 1 atom stereocenters. The summed E-state index contributed by atoms with van der Waals surface area (Å²) >= 11 is 0. The first-order valence-electron chi connectivity index (χ1n) is 5.83. The van der Waals surface area contributed by atoms with Crippen molar-refractivity contribution in [1.82, 2.24) is 10.3 Å². The van der Waals surface area contributed by atoms with Crippen molar-refractivity contribution in [3.63, 3.8) is 0 Å². The summed E-state index contributed by atoms with van der Waals surface area (Å²) in [5.41, 5.74) is 1.32. The molecule has 0 spiro atoms. The smallest absolute Gasteiger partial charge is 0.125 e. The molecule has 0 bridgehead atoms. The van der Waals surface area contributed by atoms with Crippen molar-refractivity contribution in [2.45, 2.75) is 32.2 Å². The van der Waals surface area contributed by atoms with Crippen molar-refractivity contribution in [2.75, 3.05) is 18.4 Å². The summed E-state index contributed by atoms with van der Waals surface area (Å²) in [6.07, 6.45) is 5.86. The third-order valence-corrected chi connectivity index (χ3v) is 2.86. The first-order chi connectivity index (χ1) is 7.40. The van der Waals surface area contributed by atoms with Crippen LogP contribution in [0, 0.1) is 0 Å². The minimum atomic E-state index is 0.516. The van der Waals surface area contributed by atoms with E-state index >= 15 is 0 Å². The summed E-state index contributed by atoms with van der Waals surface area (Å²) in [4.78, 5) is 4.39. The molecule has 1 aromatic heterocycles. The second-order valence-electron chi connectivity index (χ2n) is 4.01. The van der Waals surface area contributed by atoms with Crippen molar-refractivity contribution < 1.29 is 0 Å². The molecule has 0 radical (unpaired) electrons. The van der Waals surface area contributed by atoms with Gasteiger partial charge in [0.1, 0.15) is 5.82 Å². The molecule has 0 aliphatic carbocycles. The Kier molecular flexibility index (Phi) is 3.56. The van der Waals surface area contributed by atoms with Crippen molar-refractivity contribution >= 4 is 5.82 Å². The van der Waals surface area contributed by atoms with Crippen LogP contribution in [-0.4, -0.2) is 18.1 Å². The Morgan fingerprint density at radius 2 is 2.40 bits per heavy atom. The van der Waals surface area contributed by atoms with E-state index < -0.39 is 0 Å². The van der Waals surface area contributed by atoms with Crippen LogP contribution in [0.1, 0.15) is 37.8 Å². The van der Waals surface area contributed by atoms with Gasteiger partial charge in [0.15, 0.2) is 0 Å². The molecule has 0 amide bonds. The van der Waals surface area contributed by atoms with Crippen molar-refractivity contribution in [3.05, 3.63) is 23.9 Å². The fourth-order valence-electron chi connectivity index (χ4n) is 2.03. The van der Waals surface area contributed by atoms with Gasteiger partial charge in [-0.25, -0.2) is 4.98 Å². The summed E-state index contributed by atoms with van der Waals surface area (Å²) < 4.78 is 0. The Balaban J connectivity index is 2.02. The average Bonchev–Trinajstić information content (AvgIpc) is 2.32. The summed E-state index contributed by atoms with van der Waals surface area (Å²) in [5.74, 6) is 0.969. The highest BCUT2D eigenvalue weighted by atomic mass is 15.0.